The van der Waals surface area contributed by atoms with Gasteiger partial charge in [0.2, 0.25) is 0 Å². The minimum absolute atomic E-state index is 0.577. The van der Waals surface area contributed by atoms with Crippen molar-refractivity contribution in [2.45, 2.75) is 0 Å². The first-order chi connectivity index (χ1) is 11.3. The Morgan fingerprint density at radius 2 is 1.21 bits per heavy atom. The zero-order valence-electron chi connectivity index (χ0n) is 11.7. The molecule has 0 spiro atoms. The summed E-state index contributed by atoms with van der Waals surface area (Å²) in [6.07, 6.45) is 3.50. The fraction of sp³-hybridized carbons (Fsp3) is 0. The minimum Gasteiger partial charge on any atom is -0.477 e. The van der Waals surface area contributed by atoms with Crippen molar-refractivity contribution in [2.24, 2.45) is 0 Å². The van der Waals surface area contributed by atoms with Crippen LogP contribution in [0.4, 0.5) is 11.4 Å². The van der Waals surface area contributed by atoms with Crippen LogP contribution in [0.25, 0.3) is 0 Å². The van der Waals surface area contributed by atoms with E-state index in [4.69, 9.17) is 10.2 Å². The van der Waals surface area contributed by atoms with Crippen LogP contribution in [0.1, 0.15) is 20.7 Å². The molecule has 0 saturated carbocycles. The first-order valence-corrected chi connectivity index (χ1v) is 6.04. The van der Waals surface area contributed by atoms with E-state index in [0.29, 0.717) is 12.1 Å². The Balaban J connectivity index is 0.000000400. The number of aromatic carboxylic acids is 2. The number of carboxylic acid groups (broad SMARTS) is 2. The fourth-order valence-corrected chi connectivity index (χ4v) is 1.63. The average molecular weight is 335 g/mol. The molecule has 1 heterocycles. The molecule has 0 fully saturated rings. The highest BCUT2D eigenvalue weighted by atomic mass is 16.6. The largest absolute Gasteiger partial charge is 0.477 e. The molecule has 0 amide bonds. The van der Waals surface area contributed by atoms with Gasteiger partial charge in [0.15, 0.2) is 11.1 Å². The highest BCUT2D eigenvalue weighted by Crippen LogP contribution is 2.30. The molecule has 11 heteroatoms. The van der Waals surface area contributed by atoms with Crippen molar-refractivity contribution >= 4 is 23.3 Å². The number of pyridine rings is 1. The van der Waals surface area contributed by atoms with Crippen molar-refractivity contribution in [3.63, 3.8) is 0 Å². The van der Waals surface area contributed by atoms with Crippen LogP contribution in [0.2, 0.25) is 0 Å². The maximum absolute atomic E-state index is 10.8. The Morgan fingerprint density at radius 3 is 1.38 bits per heavy atom. The lowest BCUT2D eigenvalue weighted by molar-refractivity contribution is -0.389. The monoisotopic (exact) mass is 335 g/mol. The van der Waals surface area contributed by atoms with Gasteiger partial charge in [0.05, 0.1) is 9.85 Å². The molecule has 0 atom stereocenters. The summed E-state index contributed by atoms with van der Waals surface area (Å²) >= 11 is 0. The Hall–Kier alpha value is -3.89. The minimum atomic E-state index is -1.93. The maximum atomic E-state index is 10.8. The van der Waals surface area contributed by atoms with Crippen LogP contribution in [0, 0.1) is 20.2 Å². The van der Waals surface area contributed by atoms with Gasteiger partial charge < -0.3 is 10.2 Å². The molecule has 2 rings (SSSR count). The van der Waals surface area contributed by atoms with Crippen molar-refractivity contribution in [3.8, 4) is 0 Å². The molecule has 0 unspecified atom stereocenters. The number of rotatable bonds is 4. The van der Waals surface area contributed by atoms with E-state index >= 15 is 0 Å². The maximum Gasteiger partial charge on any atom is 0.343 e. The molecule has 124 valence electrons. The van der Waals surface area contributed by atoms with Crippen LogP contribution >= 0.6 is 0 Å². The van der Waals surface area contributed by atoms with E-state index in [2.05, 4.69) is 4.98 Å². The van der Waals surface area contributed by atoms with Gasteiger partial charge in [-0.3, -0.25) is 25.2 Å². The number of hydrogen-bond donors (Lipinski definition) is 2. The molecule has 24 heavy (non-hydrogen) atoms. The van der Waals surface area contributed by atoms with Crippen LogP contribution < -0.4 is 0 Å². The van der Waals surface area contributed by atoms with Gasteiger partial charge in [-0.2, -0.15) is 0 Å². The zero-order valence-corrected chi connectivity index (χ0v) is 11.7. The van der Waals surface area contributed by atoms with Crippen molar-refractivity contribution in [1.82, 2.24) is 4.98 Å². The number of aromatic nitrogens is 1. The lowest BCUT2D eigenvalue weighted by Gasteiger charge is -2.03. The third-order valence-electron chi connectivity index (χ3n) is 2.55. The van der Waals surface area contributed by atoms with Gasteiger partial charge in [-0.15, -0.1) is 0 Å². The van der Waals surface area contributed by atoms with E-state index < -0.39 is 44.3 Å². The summed E-state index contributed by atoms with van der Waals surface area (Å²) in [5.41, 5.74) is -4.49. The summed E-state index contributed by atoms with van der Waals surface area (Å²) in [7, 11) is 0. The summed E-state index contributed by atoms with van der Waals surface area (Å²) in [5.74, 6) is -3.86. The first kappa shape index (κ1) is 18.2. The van der Waals surface area contributed by atoms with Crippen LogP contribution in [-0.4, -0.2) is 37.0 Å². The zero-order chi connectivity index (χ0) is 18.3. The predicted molar refractivity (Wildman–Crippen MR) is 77.9 cm³/mol. The topological polar surface area (TPSA) is 174 Å². The SMILES string of the molecule is O=C(O)c1c([N+](=O)[O-])ccc([N+](=O)[O-])c1C(=O)O.c1ccncc1. The van der Waals surface area contributed by atoms with Crippen LogP contribution in [0.5, 0.6) is 0 Å². The molecule has 1 aromatic heterocycles. The molecular weight excluding hydrogens is 326 g/mol. The van der Waals surface area contributed by atoms with Gasteiger partial charge in [0.25, 0.3) is 11.4 Å². The van der Waals surface area contributed by atoms with E-state index in [9.17, 15) is 29.8 Å². The van der Waals surface area contributed by atoms with Gasteiger partial charge in [0, 0.05) is 24.5 Å². The lowest BCUT2D eigenvalue weighted by Crippen LogP contribution is -2.13. The highest BCUT2D eigenvalue weighted by molar-refractivity contribution is 6.07. The predicted octanol–water partition coefficient (Wildman–Crippen LogP) is 1.98. The summed E-state index contributed by atoms with van der Waals surface area (Å²) < 4.78 is 0. The molecule has 0 bridgehead atoms. The average Bonchev–Trinajstić information content (AvgIpc) is 2.55. The van der Waals surface area contributed by atoms with E-state index in [0.717, 1.165) is 0 Å². The smallest absolute Gasteiger partial charge is 0.343 e. The molecule has 0 aliphatic carbocycles. The van der Waals surface area contributed by atoms with Crippen LogP contribution in [-0.2, 0) is 0 Å². The van der Waals surface area contributed by atoms with E-state index in [1.54, 1.807) is 12.4 Å². The number of benzene rings is 1. The number of nitro groups is 2. The van der Waals surface area contributed by atoms with Crippen molar-refractivity contribution in [1.29, 1.82) is 0 Å². The Morgan fingerprint density at radius 1 is 0.833 bits per heavy atom. The van der Waals surface area contributed by atoms with Gasteiger partial charge in [-0.1, -0.05) is 6.07 Å². The van der Waals surface area contributed by atoms with E-state index in [1.165, 1.54) is 0 Å². The summed E-state index contributed by atoms with van der Waals surface area (Å²) in [6.45, 7) is 0. The normalized spacial score (nSPS) is 9.33. The molecule has 11 nitrogen and oxygen atoms in total. The number of nitrogens with zero attached hydrogens (tertiary/aromatic N) is 3. The molecular formula is C13H9N3O8. The van der Waals surface area contributed by atoms with Crippen LogP contribution in [0.3, 0.4) is 0 Å². The van der Waals surface area contributed by atoms with E-state index in [1.807, 2.05) is 18.2 Å². The molecule has 0 saturated heterocycles. The number of carbonyl (C=O) groups is 2. The van der Waals surface area contributed by atoms with Crippen molar-refractivity contribution in [2.75, 3.05) is 0 Å². The molecule has 0 aliphatic heterocycles. The number of nitro benzene ring substituents is 2. The van der Waals surface area contributed by atoms with E-state index in [-0.39, 0.29) is 0 Å². The fourth-order valence-electron chi connectivity index (χ4n) is 1.63. The molecule has 2 N–H and O–H groups in total. The Labute approximate surface area is 133 Å². The van der Waals surface area contributed by atoms with Gasteiger partial charge in [0.1, 0.15) is 0 Å². The first-order valence-electron chi connectivity index (χ1n) is 6.04. The Kier molecular flexibility index (Phi) is 6.00. The molecule has 0 aliphatic rings. The Bertz CT molecular complexity index is 714. The molecule has 2 aromatic rings. The summed E-state index contributed by atoms with van der Waals surface area (Å²) in [5, 5.41) is 38.6. The van der Waals surface area contributed by atoms with Crippen LogP contribution in [0.15, 0.2) is 42.7 Å². The second-order valence-corrected chi connectivity index (χ2v) is 4.00. The van der Waals surface area contributed by atoms with Gasteiger partial charge >= 0.3 is 11.9 Å². The quantitative estimate of drug-likeness (QED) is 0.625. The molecule has 0 radical (unpaired) electrons. The lowest BCUT2D eigenvalue weighted by atomic mass is 10.0. The second-order valence-electron chi connectivity index (χ2n) is 4.00. The third-order valence-corrected chi connectivity index (χ3v) is 2.55. The van der Waals surface area contributed by atoms with Crippen molar-refractivity contribution < 1.29 is 29.6 Å². The summed E-state index contributed by atoms with van der Waals surface area (Å²) in [6, 6.07) is 6.87. The third kappa shape index (κ3) is 4.30. The number of hydrogen-bond acceptors (Lipinski definition) is 7. The standard InChI is InChI=1S/C8H4N2O8.C5H5N/c11-7(12)5-3(9(15)16)1-2-4(10(17)18)6(5)8(13)14;1-2-4-6-5-3-1/h1-2H,(H,11,12)(H,13,14);1-5H. The van der Waals surface area contributed by atoms with Gasteiger partial charge in [-0.05, 0) is 12.1 Å². The van der Waals surface area contributed by atoms with Gasteiger partial charge in [-0.25, -0.2) is 9.59 Å². The molecule has 1 aromatic carbocycles. The highest BCUT2D eigenvalue weighted by Gasteiger charge is 2.34. The van der Waals surface area contributed by atoms with Crippen molar-refractivity contribution in [3.05, 3.63) is 74.1 Å². The number of carboxylic acids is 2. The summed E-state index contributed by atoms with van der Waals surface area (Å²) in [4.78, 5) is 44.3. The second kappa shape index (κ2) is 7.93.